The Morgan fingerprint density at radius 1 is 1.38 bits per heavy atom. The van der Waals surface area contributed by atoms with E-state index in [2.05, 4.69) is 38.1 Å². The zero-order chi connectivity index (χ0) is 14.8. The summed E-state index contributed by atoms with van der Waals surface area (Å²) in [7, 11) is 0. The van der Waals surface area contributed by atoms with Crippen molar-refractivity contribution >= 4 is 26.8 Å². The molecule has 0 aliphatic rings. The summed E-state index contributed by atoms with van der Waals surface area (Å²) in [5, 5.41) is 9.44. The molecule has 0 amide bonds. The van der Waals surface area contributed by atoms with E-state index in [1.165, 1.54) is 0 Å². The first-order valence-corrected chi connectivity index (χ1v) is 7.71. The molecule has 0 spiro atoms. The lowest BCUT2D eigenvalue weighted by Crippen LogP contribution is -2.10. The Bertz CT molecular complexity index is 768. The molecule has 1 unspecified atom stereocenters. The number of aromatic nitrogens is 4. The van der Waals surface area contributed by atoms with Crippen LogP contribution in [0.5, 0.6) is 0 Å². The van der Waals surface area contributed by atoms with Crippen LogP contribution in [0.15, 0.2) is 41.1 Å². The summed E-state index contributed by atoms with van der Waals surface area (Å²) < 4.78 is 2.70. The molecule has 5 nitrogen and oxygen atoms in total. The van der Waals surface area contributed by atoms with Gasteiger partial charge in [0, 0.05) is 16.1 Å². The van der Waals surface area contributed by atoms with E-state index in [0.717, 1.165) is 39.6 Å². The molecule has 0 aliphatic heterocycles. The van der Waals surface area contributed by atoms with Crippen LogP contribution in [-0.2, 0) is 0 Å². The number of para-hydroxylation sites is 1. The van der Waals surface area contributed by atoms with Gasteiger partial charge in [-0.2, -0.15) is 0 Å². The van der Waals surface area contributed by atoms with Crippen LogP contribution in [0, 0.1) is 0 Å². The maximum Gasteiger partial charge on any atom is 0.0998 e. The molecule has 0 aliphatic carbocycles. The highest BCUT2D eigenvalue weighted by molar-refractivity contribution is 9.10. The van der Waals surface area contributed by atoms with E-state index in [-0.39, 0.29) is 6.04 Å². The first-order chi connectivity index (χ1) is 10.2. The Balaban J connectivity index is 2.05. The molecule has 6 heteroatoms. The monoisotopic (exact) mass is 345 g/mol. The Hall–Kier alpha value is -1.79. The molecule has 108 valence electrons. The number of nitrogens with zero attached hydrogens (tertiary/aromatic N) is 4. The van der Waals surface area contributed by atoms with Gasteiger partial charge in [-0.15, -0.1) is 5.10 Å². The van der Waals surface area contributed by atoms with Gasteiger partial charge >= 0.3 is 0 Å². The summed E-state index contributed by atoms with van der Waals surface area (Å²) in [4.78, 5) is 4.48. The number of benzene rings is 1. The van der Waals surface area contributed by atoms with Gasteiger partial charge in [0.25, 0.3) is 0 Å². The Morgan fingerprint density at radius 3 is 3.05 bits per heavy atom. The lowest BCUT2D eigenvalue weighted by molar-refractivity contribution is 0.619. The SMILES string of the molecule is CCCC(N)c1cn(-c2cccc3cc(Br)cnc23)nn1. The van der Waals surface area contributed by atoms with Crippen LogP contribution in [0.3, 0.4) is 0 Å². The summed E-state index contributed by atoms with van der Waals surface area (Å²) in [5.41, 5.74) is 8.70. The summed E-state index contributed by atoms with van der Waals surface area (Å²) >= 11 is 3.44. The van der Waals surface area contributed by atoms with Crippen LogP contribution < -0.4 is 5.73 Å². The minimum Gasteiger partial charge on any atom is -0.323 e. The number of fused-ring (bicyclic) bond motifs is 1. The minimum absolute atomic E-state index is 0.0687. The van der Waals surface area contributed by atoms with Gasteiger partial charge in [0.15, 0.2) is 0 Å². The predicted molar refractivity (Wildman–Crippen MR) is 86.2 cm³/mol. The van der Waals surface area contributed by atoms with Crippen LogP contribution in [0.25, 0.3) is 16.6 Å². The van der Waals surface area contributed by atoms with Crippen LogP contribution in [0.1, 0.15) is 31.5 Å². The van der Waals surface area contributed by atoms with Crippen molar-refractivity contribution in [2.45, 2.75) is 25.8 Å². The predicted octanol–water partition coefficient (Wildman–Crippen LogP) is 3.38. The summed E-state index contributed by atoms with van der Waals surface area (Å²) in [6.45, 7) is 2.11. The highest BCUT2D eigenvalue weighted by Crippen LogP contribution is 2.23. The largest absolute Gasteiger partial charge is 0.323 e. The van der Waals surface area contributed by atoms with Crippen LogP contribution in [-0.4, -0.2) is 20.0 Å². The summed E-state index contributed by atoms with van der Waals surface area (Å²) in [6.07, 6.45) is 5.60. The molecule has 1 atom stereocenters. The standard InChI is InChI=1S/C15H16BrN5/c1-2-4-12(17)13-9-21(20-19-13)14-6-3-5-10-7-11(16)8-18-15(10)14/h3,5-9,12H,2,4,17H2,1H3. The molecule has 0 saturated carbocycles. The van der Waals surface area contributed by atoms with E-state index in [1.54, 1.807) is 10.9 Å². The average Bonchev–Trinajstić information content (AvgIpc) is 2.96. The molecular weight excluding hydrogens is 330 g/mol. The van der Waals surface area contributed by atoms with E-state index < -0.39 is 0 Å². The molecular formula is C15H16BrN5. The maximum atomic E-state index is 6.09. The van der Waals surface area contributed by atoms with Crippen LogP contribution >= 0.6 is 15.9 Å². The highest BCUT2D eigenvalue weighted by Gasteiger charge is 2.12. The lowest BCUT2D eigenvalue weighted by atomic mass is 10.1. The molecule has 0 saturated heterocycles. The second-order valence-corrected chi connectivity index (χ2v) is 5.90. The van der Waals surface area contributed by atoms with Crippen molar-refractivity contribution in [3.63, 3.8) is 0 Å². The van der Waals surface area contributed by atoms with Gasteiger partial charge in [-0.05, 0) is 34.5 Å². The van der Waals surface area contributed by atoms with E-state index >= 15 is 0 Å². The zero-order valence-electron chi connectivity index (χ0n) is 11.7. The first-order valence-electron chi connectivity index (χ1n) is 6.91. The van der Waals surface area contributed by atoms with Gasteiger partial charge in [-0.25, -0.2) is 4.68 Å². The number of hydrogen-bond acceptors (Lipinski definition) is 4. The van der Waals surface area contributed by atoms with E-state index in [9.17, 15) is 0 Å². The van der Waals surface area contributed by atoms with Crippen molar-refractivity contribution < 1.29 is 0 Å². The Morgan fingerprint density at radius 2 is 2.24 bits per heavy atom. The third kappa shape index (κ3) is 2.82. The van der Waals surface area contributed by atoms with E-state index in [1.807, 2.05) is 30.5 Å². The third-order valence-electron chi connectivity index (χ3n) is 3.39. The summed E-state index contributed by atoms with van der Waals surface area (Å²) in [5.74, 6) is 0. The smallest absolute Gasteiger partial charge is 0.0998 e. The van der Waals surface area contributed by atoms with Gasteiger partial charge < -0.3 is 5.73 Å². The number of pyridine rings is 1. The number of nitrogens with two attached hydrogens (primary N) is 1. The second kappa shape index (κ2) is 5.91. The van der Waals surface area contributed by atoms with Gasteiger partial charge in [-0.1, -0.05) is 30.7 Å². The van der Waals surface area contributed by atoms with E-state index in [4.69, 9.17) is 5.73 Å². The molecule has 0 bridgehead atoms. The third-order valence-corrected chi connectivity index (χ3v) is 3.83. The van der Waals surface area contributed by atoms with Crippen molar-refractivity contribution in [1.29, 1.82) is 0 Å². The van der Waals surface area contributed by atoms with Gasteiger partial charge in [0.1, 0.15) is 0 Å². The maximum absolute atomic E-state index is 6.09. The fourth-order valence-electron chi connectivity index (χ4n) is 2.33. The average molecular weight is 346 g/mol. The normalized spacial score (nSPS) is 12.7. The number of rotatable bonds is 4. The molecule has 2 N–H and O–H groups in total. The van der Waals surface area contributed by atoms with Crippen molar-refractivity contribution in [2.24, 2.45) is 5.73 Å². The number of hydrogen-bond donors (Lipinski definition) is 1. The zero-order valence-corrected chi connectivity index (χ0v) is 13.3. The summed E-state index contributed by atoms with van der Waals surface area (Å²) in [6, 6.07) is 7.96. The van der Waals surface area contributed by atoms with Crippen LogP contribution in [0.2, 0.25) is 0 Å². The van der Waals surface area contributed by atoms with Crippen LogP contribution in [0.4, 0.5) is 0 Å². The highest BCUT2D eigenvalue weighted by atomic mass is 79.9. The second-order valence-electron chi connectivity index (χ2n) is 4.99. The van der Waals surface area contributed by atoms with Gasteiger partial charge in [0.05, 0.1) is 29.1 Å². The molecule has 3 aromatic rings. The Labute approximate surface area is 131 Å². The molecule has 0 radical (unpaired) electrons. The molecule has 21 heavy (non-hydrogen) atoms. The van der Waals surface area contributed by atoms with Crippen molar-refractivity contribution in [3.8, 4) is 5.69 Å². The molecule has 2 heterocycles. The molecule has 1 aromatic carbocycles. The fourth-order valence-corrected chi connectivity index (χ4v) is 2.67. The topological polar surface area (TPSA) is 69.6 Å². The molecule has 3 rings (SSSR count). The number of halogens is 1. The molecule has 2 aromatic heterocycles. The fraction of sp³-hybridized carbons (Fsp3) is 0.267. The van der Waals surface area contributed by atoms with E-state index in [0.29, 0.717) is 0 Å². The van der Waals surface area contributed by atoms with Gasteiger partial charge in [0.2, 0.25) is 0 Å². The quantitative estimate of drug-likeness (QED) is 0.786. The lowest BCUT2D eigenvalue weighted by Gasteiger charge is -2.06. The van der Waals surface area contributed by atoms with Crippen molar-refractivity contribution in [2.75, 3.05) is 0 Å². The minimum atomic E-state index is -0.0687. The Kier molecular flexibility index (Phi) is 3.98. The van der Waals surface area contributed by atoms with Crippen molar-refractivity contribution in [3.05, 3.63) is 46.8 Å². The van der Waals surface area contributed by atoms with Gasteiger partial charge in [-0.3, -0.25) is 4.98 Å². The van der Waals surface area contributed by atoms with Crippen molar-refractivity contribution in [1.82, 2.24) is 20.0 Å². The molecule has 0 fully saturated rings. The first kappa shape index (κ1) is 14.2.